The Kier molecular flexibility index (Phi) is 5.99. The lowest BCUT2D eigenvalue weighted by Crippen LogP contribution is -2.51. The number of aryl methyl sites for hydroxylation is 1. The molecule has 2 aromatic rings. The molecule has 0 atom stereocenters. The highest BCUT2D eigenvalue weighted by molar-refractivity contribution is 5.81. The predicted molar refractivity (Wildman–Crippen MR) is 107 cm³/mol. The molecule has 1 fully saturated rings. The standard InChI is InChI=1S/C22H29N3O2/c1-16(2)18-7-6-17(3)19(13-18)14-21(26)24-9-11-25(12-10-24)22(27)15-20-5-4-8-23-20/h4-8,13,16,23H,9-12,14-15H2,1-3H3. The zero-order valence-electron chi connectivity index (χ0n) is 16.5. The lowest BCUT2D eigenvalue weighted by atomic mass is 9.96. The fourth-order valence-electron chi connectivity index (χ4n) is 3.47. The van der Waals surface area contributed by atoms with E-state index in [1.165, 1.54) is 5.56 Å². The second-order valence-electron chi connectivity index (χ2n) is 7.65. The Hall–Kier alpha value is -2.56. The molecule has 3 rings (SSSR count). The van der Waals surface area contributed by atoms with Crippen LogP contribution in [0.1, 0.15) is 42.1 Å². The van der Waals surface area contributed by atoms with Crippen molar-refractivity contribution in [2.75, 3.05) is 26.2 Å². The van der Waals surface area contributed by atoms with Gasteiger partial charge < -0.3 is 14.8 Å². The lowest BCUT2D eigenvalue weighted by molar-refractivity contribution is -0.138. The number of carbonyl (C=O) groups excluding carboxylic acids is 2. The molecule has 2 heterocycles. The van der Waals surface area contributed by atoms with Gasteiger partial charge in [0.15, 0.2) is 0 Å². The van der Waals surface area contributed by atoms with Crippen LogP contribution in [0.2, 0.25) is 0 Å². The highest BCUT2D eigenvalue weighted by Gasteiger charge is 2.24. The summed E-state index contributed by atoms with van der Waals surface area (Å²) in [6.45, 7) is 8.83. The van der Waals surface area contributed by atoms with Crippen molar-refractivity contribution in [2.24, 2.45) is 0 Å². The molecule has 0 spiro atoms. The van der Waals surface area contributed by atoms with E-state index in [1.54, 1.807) is 0 Å². The van der Waals surface area contributed by atoms with Gasteiger partial charge in [-0.15, -0.1) is 0 Å². The van der Waals surface area contributed by atoms with Gasteiger partial charge in [0.2, 0.25) is 11.8 Å². The molecule has 5 heteroatoms. The van der Waals surface area contributed by atoms with Gasteiger partial charge in [-0.3, -0.25) is 9.59 Å². The summed E-state index contributed by atoms with van der Waals surface area (Å²) < 4.78 is 0. The number of hydrogen-bond acceptors (Lipinski definition) is 2. The third kappa shape index (κ3) is 4.79. The number of rotatable bonds is 5. The monoisotopic (exact) mass is 367 g/mol. The second kappa shape index (κ2) is 8.42. The average molecular weight is 367 g/mol. The molecule has 0 bridgehead atoms. The first kappa shape index (κ1) is 19.2. The smallest absolute Gasteiger partial charge is 0.228 e. The first-order chi connectivity index (χ1) is 12.9. The zero-order valence-corrected chi connectivity index (χ0v) is 16.5. The van der Waals surface area contributed by atoms with Crippen molar-refractivity contribution in [3.05, 3.63) is 58.9 Å². The van der Waals surface area contributed by atoms with Gasteiger partial charge >= 0.3 is 0 Å². The SMILES string of the molecule is Cc1ccc(C(C)C)cc1CC(=O)N1CCN(C(=O)Cc2ccc[nH]2)CC1. The minimum atomic E-state index is 0.116. The summed E-state index contributed by atoms with van der Waals surface area (Å²) in [7, 11) is 0. The minimum absolute atomic E-state index is 0.116. The number of benzene rings is 1. The molecule has 1 saturated heterocycles. The molecular weight excluding hydrogens is 338 g/mol. The van der Waals surface area contributed by atoms with Crippen molar-refractivity contribution in [3.8, 4) is 0 Å². The highest BCUT2D eigenvalue weighted by Crippen LogP contribution is 2.20. The Labute approximate surface area is 161 Å². The Bertz CT molecular complexity index is 788. The van der Waals surface area contributed by atoms with Gasteiger partial charge in [0, 0.05) is 38.1 Å². The molecule has 1 aliphatic heterocycles. The van der Waals surface area contributed by atoms with Gasteiger partial charge in [0.25, 0.3) is 0 Å². The minimum Gasteiger partial charge on any atom is -0.365 e. The van der Waals surface area contributed by atoms with Gasteiger partial charge in [-0.25, -0.2) is 0 Å². The van der Waals surface area contributed by atoms with E-state index in [0.717, 1.165) is 16.8 Å². The van der Waals surface area contributed by atoms with Crippen LogP contribution in [0.25, 0.3) is 0 Å². The maximum Gasteiger partial charge on any atom is 0.228 e. The molecule has 0 aliphatic carbocycles. The zero-order chi connectivity index (χ0) is 19.4. The van der Waals surface area contributed by atoms with Crippen molar-refractivity contribution in [3.63, 3.8) is 0 Å². The number of H-pyrrole nitrogens is 1. The number of aromatic nitrogens is 1. The molecule has 0 radical (unpaired) electrons. The van der Waals surface area contributed by atoms with Crippen LogP contribution in [-0.4, -0.2) is 52.8 Å². The van der Waals surface area contributed by atoms with Crippen LogP contribution in [-0.2, 0) is 22.4 Å². The number of aromatic amines is 1. The molecule has 5 nitrogen and oxygen atoms in total. The summed E-state index contributed by atoms with van der Waals surface area (Å²) in [5, 5.41) is 0. The molecule has 27 heavy (non-hydrogen) atoms. The number of piperazine rings is 1. The Morgan fingerprint density at radius 1 is 1.00 bits per heavy atom. The maximum absolute atomic E-state index is 12.8. The molecule has 0 unspecified atom stereocenters. The number of amides is 2. The van der Waals surface area contributed by atoms with Crippen molar-refractivity contribution >= 4 is 11.8 Å². The van der Waals surface area contributed by atoms with E-state index in [9.17, 15) is 9.59 Å². The number of nitrogens with zero attached hydrogens (tertiary/aromatic N) is 2. The maximum atomic E-state index is 12.8. The second-order valence-corrected chi connectivity index (χ2v) is 7.65. The van der Waals surface area contributed by atoms with Gasteiger partial charge in [0.05, 0.1) is 12.8 Å². The topological polar surface area (TPSA) is 56.4 Å². The normalized spacial score (nSPS) is 14.7. The summed E-state index contributed by atoms with van der Waals surface area (Å²) in [4.78, 5) is 31.9. The van der Waals surface area contributed by atoms with Gasteiger partial charge in [0.1, 0.15) is 0 Å². The van der Waals surface area contributed by atoms with Crippen molar-refractivity contribution < 1.29 is 9.59 Å². The molecule has 1 aromatic heterocycles. The third-order valence-corrected chi connectivity index (χ3v) is 5.37. The molecular formula is C22H29N3O2. The molecule has 1 N–H and O–H groups in total. The van der Waals surface area contributed by atoms with Crippen LogP contribution >= 0.6 is 0 Å². The average Bonchev–Trinajstić information content (AvgIpc) is 3.16. The first-order valence-corrected chi connectivity index (χ1v) is 9.71. The van der Waals surface area contributed by atoms with Crippen molar-refractivity contribution in [1.29, 1.82) is 0 Å². The van der Waals surface area contributed by atoms with Crippen LogP contribution in [0.15, 0.2) is 36.5 Å². The van der Waals surface area contributed by atoms with E-state index >= 15 is 0 Å². The van der Waals surface area contributed by atoms with Crippen LogP contribution in [0, 0.1) is 6.92 Å². The highest BCUT2D eigenvalue weighted by atomic mass is 16.2. The van der Waals surface area contributed by atoms with E-state index in [4.69, 9.17) is 0 Å². The largest absolute Gasteiger partial charge is 0.365 e. The third-order valence-electron chi connectivity index (χ3n) is 5.37. The fourth-order valence-corrected chi connectivity index (χ4v) is 3.47. The van der Waals surface area contributed by atoms with Gasteiger partial charge in [-0.05, 0) is 41.7 Å². The number of hydrogen-bond donors (Lipinski definition) is 1. The van der Waals surface area contributed by atoms with Crippen molar-refractivity contribution in [1.82, 2.24) is 14.8 Å². The van der Waals surface area contributed by atoms with Gasteiger partial charge in [-0.1, -0.05) is 32.0 Å². The van der Waals surface area contributed by atoms with Crippen LogP contribution in [0.3, 0.4) is 0 Å². The van der Waals surface area contributed by atoms with Crippen molar-refractivity contribution in [2.45, 2.75) is 39.5 Å². The number of carbonyl (C=O) groups is 2. The number of nitrogens with one attached hydrogen (secondary N) is 1. The molecule has 2 amide bonds. The Morgan fingerprint density at radius 2 is 1.63 bits per heavy atom. The van der Waals surface area contributed by atoms with E-state index in [-0.39, 0.29) is 11.8 Å². The quantitative estimate of drug-likeness (QED) is 0.883. The summed E-state index contributed by atoms with van der Waals surface area (Å²) in [5.74, 6) is 0.717. The van der Waals surface area contributed by atoms with Crippen LogP contribution in [0.4, 0.5) is 0 Å². The fraction of sp³-hybridized carbons (Fsp3) is 0.455. The Morgan fingerprint density at radius 3 is 2.19 bits per heavy atom. The first-order valence-electron chi connectivity index (χ1n) is 9.71. The van der Waals surface area contributed by atoms with E-state index in [1.807, 2.05) is 28.1 Å². The summed E-state index contributed by atoms with van der Waals surface area (Å²) in [5.41, 5.74) is 4.46. The van der Waals surface area contributed by atoms with Crippen LogP contribution in [0.5, 0.6) is 0 Å². The summed E-state index contributed by atoms with van der Waals surface area (Å²) in [6.07, 6.45) is 2.65. The van der Waals surface area contributed by atoms with Crippen LogP contribution < -0.4 is 0 Å². The Balaban J connectivity index is 1.54. The summed E-state index contributed by atoms with van der Waals surface area (Å²) >= 11 is 0. The van der Waals surface area contributed by atoms with E-state index in [2.05, 4.69) is 44.0 Å². The van der Waals surface area contributed by atoms with E-state index in [0.29, 0.717) is 44.9 Å². The summed E-state index contributed by atoms with van der Waals surface area (Å²) in [6, 6.07) is 10.2. The molecule has 1 aromatic carbocycles. The van der Waals surface area contributed by atoms with E-state index < -0.39 is 0 Å². The van der Waals surface area contributed by atoms with Gasteiger partial charge in [-0.2, -0.15) is 0 Å². The molecule has 144 valence electrons. The molecule has 0 saturated carbocycles. The molecule has 1 aliphatic rings. The lowest BCUT2D eigenvalue weighted by Gasteiger charge is -2.35. The predicted octanol–water partition coefficient (Wildman–Crippen LogP) is 2.90.